The van der Waals surface area contributed by atoms with Gasteiger partial charge in [0.2, 0.25) is 5.90 Å². The van der Waals surface area contributed by atoms with Gasteiger partial charge in [0.25, 0.3) is 0 Å². The molecule has 1 aliphatic heterocycles. The van der Waals surface area contributed by atoms with E-state index in [0.717, 1.165) is 29.7 Å². The summed E-state index contributed by atoms with van der Waals surface area (Å²) in [5.74, 6) is 1.90. The predicted molar refractivity (Wildman–Crippen MR) is 83.9 cm³/mol. The molecule has 0 aliphatic carbocycles. The second-order valence-corrected chi connectivity index (χ2v) is 5.02. The Morgan fingerprint density at radius 1 is 1.45 bits per heavy atom. The van der Waals surface area contributed by atoms with Gasteiger partial charge in [-0.3, -0.25) is 10.7 Å². The van der Waals surface area contributed by atoms with Crippen molar-refractivity contribution in [2.75, 3.05) is 20.8 Å². The summed E-state index contributed by atoms with van der Waals surface area (Å²) in [7, 11) is 3.24. The smallest absolute Gasteiger partial charge is 0.217 e. The average Bonchev–Trinajstić information content (AvgIpc) is 3.03. The highest BCUT2D eigenvalue weighted by Crippen LogP contribution is 2.34. The quantitative estimate of drug-likeness (QED) is 0.756. The predicted octanol–water partition coefficient (Wildman–Crippen LogP) is 2.29. The zero-order valence-electron chi connectivity index (χ0n) is 13.2. The minimum atomic E-state index is -0.303. The Labute approximate surface area is 130 Å². The van der Waals surface area contributed by atoms with Crippen LogP contribution in [-0.2, 0) is 11.2 Å². The summed E-state index contributed by atoms with van der Waals surface area (Å²) in [5.41, 5.74) is 4.31. The van der Waals surface area contributed by atoms with E-state index in [4.69, 9.17) is 19.4 Å². The first-order chi connectivity index (χ1) is 10.6. The van der Waals surface area contributed by atoms with Crippen molar-refractivity contribution in [3.05, 3.63) is 35.5 Å². The molecule has 0 radical (unpaired) electrons. The third kappa shape index (κ3) is 3.17. The summed E-state index contributed by atoms with van der Waals surface area (Å²) in [5, 5.41) is 8.91. The van der Waals surface area contributed by atoms with Crippen LogP contribution in [0.4, 0.5) is 0 Å². The van der Waals surface area contributed by atoms with Gasteiger partial charge in [0, 0.05) is 5.56 Å². The van der Waals surface area contributed by atoms with Gasteiger partial charge in [-0.2, -0.15) is 0 Å². The summed E-state index contributed by atoms with van der Waals surface area (Å²) in [6.45, 7) is 6.15. The Kier molecular flexibility index (Phi) is 5.27. The molecule has 6 nitrogen and oxygen atoms in total. The molecular formula is C16H22N2O4. The standard InChI is InChI=1S/C16H22N2O4/c1-5-6-11-7-12(8-14(20-3)15(11)21-4)16-17-13(9-22-16)10(2)18-19/h7-8,13,18-19H,2,5-6,9H2,1,3-4H3. The van der Waals surface area contributed by atoms with E-state index in [1.54, 1.807) is 14.2 Å². The molecule has 1 atom stereocenters. The summed E-state index contributed by atoms with van der Waals surface area (Å²) < 4.78 is 16.5. The minimum Gasteiger partial charge on any atom is -0.493 e. The van der Waals surface area contributed by atoms with Gasteiger partial charge in [-0.1, -0.05) is 19.9 Å². The number of hydroxylamine groups is 1. The minimum absolute atomic E-state index is 0.303. The number of hydrogen-bond donors (Lipinski definition) is 2. The van der Waals surface area contributed by atoms with E-state index in [-0.39, 0.29) is 6.04 Å². The van der Waals surface area contributed by atoms with Crippen molar-refractivity contribution < 1.29 is 19.4 Å². The zero-order valence-corrected chi connectivity index (χ0v) is 13.2. The van der Waals surface area contributed by atoms with Crippen LogP contribution in [0.1, 0.15) is 24.5 Å². The monoisotopic (exact) mass is 306 g/mol. The fraction of sp³-hybridized carbons (Fsp3) is 0.438. The van der Waals surface area contributed by atoms with Gasteiger partial charge in [0.05, 0.1) is 19.9 Å². The molecule has 0 bridgehead atoms. The zero-order chi connectivity index (χ0) is 16.1. The highest BCUT2D eigenvalue weighted by atomic mass is 16.5. The third-order valence-corrected chi connectivity index (χ3v) is 3.52. The lowest BCUT2D eigenvalue weighted by Crippen LogP contribution is -2.19. The molecule has 6 heteroatoms. The Hall–Kier alpha value is -2.21. The van der Waals surface area contributed by atoms with Gasteiger partial charge in [0.15, 0.2) is 11.5 Å². The second-order valence-electron chi connectivity index (χ2n) is 5.02. The lowest BCUT2D eigenvalue weighted by Gasteiger charge is -2.14. The van der Waals surface area contributed by atoms with Gasteiger partial charge < -0.3 is 14.2 Å². The molecule has 1 unspecified atom stereocenters. The van der Waals surface area contributed by atoms with Gasteiger partial charge in [-0.25, -0.2) is 4.99 Å². The summed E-state index contributed by atoms with van der Waals surface area (Å²) >= 11 is 0. The Morgan fingerprint density at radius 2 is 2.23 bits per heavy atom. The molecule has 1 aromatic rings. The van der Waals surface area contributed by atoms with Crippen LogP contribution in [0.3, 0.4) is 0 Å². The normalized spacial score (nSPS) is 16.7. The molecule has 0 saturated carbocycles. The molecule has 22 heavy (non-hydrogen) atoms. The van der Waals surface area contributed by atoms with Crippen LogP contribution in [-0.4, -0.2) is 38.0 Å². The van der Waals surface area contributed by atoms with Gasteiger partial charge in [-0.05, 0) is 24.1 Å². The van der Waals surface area contributed by atoms with Crippen LogP contribution in [0.2, 0.25) is 0 Å². The Morgan fingerprint density at radius 3 is 2.82 bits per heavy atom. The average molecular weight is 306 g/mol. The van der Waals surface area contributed by atoms with Gasteiger partial charge in [0.1, 0.15) is 12.6 Å². The number of aliphatic imine (C=N–C) groups is 1. The first-order valence-corrected chi connectivity index (χ1v) is 7.19. The molecule has 0 amide bonds. The maximum Gasteiger partial charge on any atom is 0.217 e. The van der Waals surface area contributed by atoms with Crippen LogP contribution in [0.5, 0.6) is 11.5 Å². The topological polar surface area (TPSA) is 72.3 Å². The number of methoxy groups -OCH3 is 2. The first kappa shape index (κ1) is 16.2. The largest absolute Gasteiger partial charge is 0.493 e. The molecule has 0 saturated heterocycles. The summed E-state index contributed by atoms with van der Waals surface area (Å²) in [6, 6.07) is 3.54. The van der Waals surface area contributed by atoms with Crippen molar-refractivity contribution in [2.45, 2.75) is 25.8 Å². The fourth-order valence-electron chi connectivity index (χ4n) is 2.41. The number of nitrogens with one attached hydrogen (secondary N) is 1. The maximum absolute atomic E-state index is 8.91. The highest BCUT2D eigenvalue weighted by molar-refractivity contribution is 5.96. The third-order valence-electron chi connectivity index (χ3n) is 3.52. The van der Waals surface area contributed by atoms with E-state index in [9.17, 15) is 0 Å². The molecular weight excluding hydrogens is 284 g/mol. The van der Waals surface area contributed by atoms with Crippen molar-refractivity contribution in [1.82, 2.24) is 5.48 Å². The van der Waals surface area contributed by atoms with Crippen molar-refractivity contribution in [1.29, 1.82) is 0 Å². The van der Waals surface area contributed by atoms with E-state index >= 15 is 0 Å². The SMILES string of the molecule is C=C(NO)C1COC(c2cc(CCC)c(OC)c(OC)c2)=N1. The van der Waals surface area contributed by atoms with E-state index < -0.39 is 0 Å². The summed E-state index contributed by atoms with van der Waals surface area (Å²) in [6.07, 6.45) is 1.86. The Bertz CT molecular complexity index is 584. The van der Waals surface area contributed by atoms with Gasteiger partial charge in [-0.15, -0.1) is 0 Å². The highest BCUT2D eigenvalue weighted by Gasteiger charge is 2.24. The van der Waals surface area contributed by atoms with E-state index in [2.05, 4.69) is 18.5 Å². The molecule has 1 heterocycles. The number of nitrogens with zero attached hydrogens (tertiary/aromatic N) is 1. The van der Waals surface area contributed by atoms with E-state index in [0.29, 0.717) is 24.0 Å². The molecule has 0 spiro atoms. The first-order valence-electron chi connectivity index (χ1n) is 7.19. The van der Waals surface area contributed by atoms with Crippen LogP contribution < -0.4 is 15.0 Å². The van der Waals surface area contributed by atoms with Crippen LogP contribution >= 0.6 is 0 Å². The van der Waals surface area contributed by atoms with Crippen molar-refractivity contribution in [3.63, 3.8) is 0 Å². The maximum atomic E-state index is 8.91. The van der Waals surface area contributed by atoms with Crippen molar-refractivity contribution in [2.24, 2.45) is 4.99 Å². The number of rotatable bonds is 7. The molecule has 2 N–H and O–H groups in total. The number of ether oxygens (including phenoxy) is 3. The Balaban J connectivity index is 2.39. The lowest BCUT2D eigenvalue weighted by molar-refractivity contribution is 0.188. The molecule has 0 fully saturated rings. The molecule has 1 aromatic carbocycles. The number of aryl methyl sites for hydroxylation is 1. The molecule has 2 rings (SSSR count). The van der Waals surface area contributed by atoms with Crippen molar-refractivity contribution in [3.8, 4) is 11.5 Å². The number of hydrogen-bond acceptors (Lipinski definition) is 6. The molecule has 0 aromatic heterocycles. The van der Waals surface area contributed by atoms with Gasteiger partial charge >= 0.3 is 0 Å². The fourth-order valence-corrected chi connectivity index (χ4v) is 2.41. The van der Waals surface area contributed by atoms with Crippen LogP contribution in [0.25, 0.3) is 0 Å². The summed E-state index contributed by atoms with van der Waals surface area (Å²) in [4.78, 5) is 4.44. The second kappa shape index (κ2) is 7.17. The van der Waals surface area contributed by atoms with Crippen molar-refractivity contribution >= 4 is 5.90 Å². The number of benzene rings is 1. The van der Waals surface area contributed by atoms with E-state index in [1.807, 2.05) is 17.6 Å². The molecule has 1 aliphatic rings. The van der Waals surface area contributed by atoms with Crippen LogP contribution in [0, 0.1) is 0 Å². The van der Waals surface area contributed by atoms with Crippen LogP contribution in [0.15, 0.2) is 29.4 Å². The van der Waals surface area contributed by atoms with E-state index in [1.165, 1.54) is 0 Å². The lowest BCUT2D eigenvalue weighted by atomic mass is 10.0. The molecule has 120 valence electrons.